The van der Waals surface area contributed by atoms with E-state index in [0.717, 1.165) is 39.0 Å². The predicted molar refractivity (Wildman–Crippen MR) is 200 cm³/mol. The first kappa shape index (κ1) is 27.9. The number of benzene rings is 7. The molecule has 2 aliphatic carbocycles. The van der Waals surface area contributed by atoms with Crippen LogP contribution in [0.25, 0.3) is 28.0 Å². The summed E-state index contributed by atoms with van der Waals surface area (Å²) < 4.78 is 0. The van der Waals surface area contributed by atoms with Crippen molar-refractivity contribution < 1.29 is 0 Å². The number of nitrogens with zero attached hydrogens (tertiary/aromatic N) is 1. The lowest BCUT2D eigenvalue weighted by Gasteiger charge is -2.35. The van der Waals surface area contributed by atoms with Crippen molar-refractivity contribution in [3.05, 3.63) is 203 Å². The molecule has 7 aromatic rings. The van der Waals surface area contributed by atoms with Crippen LogP contribution in [0.3, 0.4) is 0 Å². The summed E-state index contributed by atoms with van der Waals surface area (Å²) in [6.07, 6.45) is 3.65. The third-order valence-electron chi connectivity index (χ3n) is 9.96. The van der Waals surface area contributed by atoms with Crippen molar-refractivity contribution in [3.8, 4) is 11.1 Å². The summed E-state index contributed by atoms with van der Waals surface area (Å²) in [6, 6.07) is 58.8. The maximum atomic E-state index is 8.68. The molecular formula is C45H31N3. The zero-order chi connectivity index (χ0) is 32.2. The molecule has 0 fully saturated rings. The normalized spacial score (nSPS) is 14.0. The lowest BCUT2D eigenvalue weighted by molar-refractivity contribution is 0.768. The molecule has 48 heavy (non-hydrogen) atoms. The summed E-state index contributed by atoms with van der Waals surface area (Å²) in [7, 11) is 0. The van der Waals surface area contributed by atoms with Crippen molar-refractivity contribution in [2.45, 2.75) is 5.41 Å². The maximum Gasteiger partial charge on any atom is 0.0873 e. The van der Waals surface area contributed by atoms with E-state index in [-0.39, 0.29) is 11.4 Å². The highest BCUT2D eigenvalue weighted by Crippen LogP contribution is 2.57. The van der Waals surface area contributed by atoms with E-state index >= 15 is 0 Å². The van der Waals surface area contributed by atoms with Crippen LogP contribution in [0.4, 0.5) is 17.1 Å². The molecular weight excluding hydrogens is 583 g/mol. The van der Waals surface area contributed by atoms with Gasteiger partial charge in [0.25, 0.3) is 0 Å². The number of para-hydroxylation sites is 1. The van der Waals surface area contributed by atoms with Gasteiger partial charge in [0, 0.05) is 22.6 Å². The number of allylic oxidation sites excluding steroid dienone is 1. The molecule has 0 aromatic heterocycles. The molecule has 9 rings (SSSR count). The lowest BCUT2D eigenvalue weighted by Crippen LogP contribution is -2.28. The fourth-order valence-electron chi connectivity index (χ4n) is 7.88. The maximum absolute atomic E-state index is 8.68. The van der Waals surface area contributed by atoms with Gasteiger partial charge in [-0.25, -0.2) is 0 Å². The van der Waals surface area contributed by atoms with Gasteiger partial charge in [0.05, 0.1) is 16.8 Å². The van der Waals surface area contributed by atoms with Crippen LogP contribution < -0.4 is 4.90 Å². The van der Waals surface area contributed by atoms with Crippen LogP contribution in [-0.4, -0.2) is 11.4 Å². The molecule has 3 nitrogen and oxygen atoms in total. The van der Waals surface area contributed by atoms with Gasteiger partial charge in [-0.2, -0.15) is 0 Å². The van der Waals surface area contributed by atoms with Gasteiger partial charge < -0.3 is 4.90 Å². The third-order valence-corrected chi connectivity index (χ3v) is 9.96. The molecule has 2 aliphatic rings. The molecule has 0 atom stereocenters. The van der Waals surface area contributed by atoms with Gasteiger partial charge in [0.1, 0.15) is 0 Å². The molecule has 226 valence electrons. The summed E-state index contributed by atoms with van der Waals surface area (Å²) in [5, 5.41) is 19.0. The number of hydrogen-bond acceptors (Lipinski definition) is 3. The van der Waals surface area contributed by atoms with Crippen LogP contribution in [0, 0.1) is 10.8 Å². The van der Waals surface area contributed by atoms with Crippen LogP contribution >= 0.6 is 0 Å². The van der Waals surface area contributed by atoms with E-state index in [1.807, 2.05) is 6.08 Å². The molecule has 0 radical (unpaired) electrons. The topological polar surface area (TPSA) is 50.9 Å². The van der Waals surface area contributed by atoms with Gasteiger partial charge in [-0.1, -0.05) is 133 Å². The smallest absolute Gasteiger partial charge is 0.0873 e. The highest BCUT2D eigenvalue weighted by Gasteiger charge is 2.46. The van der Waals surface area contributed by atoms with E-state index in [4.69, 9.17) is 10.8 Å². The van der Waals surface area contributed by atoms with Crippen LogP contribution in [-0.2, 0) is 5.41 Å². The van der Waals surface area contributed by atoms with Gasteiger partial charge >= 0.3 is 0 Å². The fourth-order valence-corrected chi connectivity index (χ4v) is 7.88. The molecule has 0 aliphatic heterocycles. The van der Waals surface area contributed by atoms with Crippen LogP contribution in [0.2, 0.25) is 0 Å². The molecule has 2 N–H and O–H groups in total. The first-order chi connectivity index (χ1) is 23.6. The molecule has 0 spiro atoms. The molecule has 0 amide bonds. The monoisotopic (exact) mass is 613 g/mol. The summed E-state index contributed by atoms with van der Waals surface area (Å²) in [6.45, 7) is 0. The highest BCUT2D eigenvalue weighted by molar-refractivity contribution is 6.53. The minimum Gasteiger partial charge on any atom is -0.310 e. The van der Waals surface area contributed by atoms with Crippen molar-refractivity contribution in [3.63, 3.8) is 0 Å². The lowest BCUT2D eigenvalue weighted by atomic mass is 9.67. The van der Waals surface area contributed by atoms with Gasteiger partial charge in [-0.15, -0.1) is 0 Å². The van der Waals surface area contributed by atoms with Crippen LogP contribution in [0.5, 0.6) is 0 Å². The second kappa shape index (κ2) is 10.9. The Hall–Kier alpha value is -6.32. The Balaban J connectivity index is 1.30. The molecule has 0 heterocycles. The molecule has 0 saturated carbocycles. The SMILES string of the molecule is N=C1C=Cc2ccc3cc(N(c4ccccc4)c4ccc5c(c4)C(c4ccccc4)(c4ccccc4)c4ccccc4-5)ccc3c2C1=N. The Morgan fingerprint density at radius 3 is 1.79 bits per heavy atom. The minimum absolute atomic E-state index is 0.240. The predicted octanol–water partition coefficient (Wildman–Crippen LogP) is 11.1. The Kier molecular flexibility index (Phi) is 6.34. The summed E-state index contributed by atoms with van der Waals surface area (Å²) in [5.41, 5.74) is 12.5. The van der Waals surface area contributed by atoms with E-state index < -0.39 is 5.41 Å². The van der Waals surface area contributed by atoms with Crippen LogP contribution in [0.15, 0.2) is 170 Å². The Morgan fingerprint density at radius 1 is 0.458 bits per heavy atom. The van der Waals surface area contributed by atoms with E-state index in [0.29, 0.717) is 0 Å². The molecule has 0 bridgehead atoms. The standard InChI is InChI=1S/C45H31N3/c46-42-27-22-30-20-21-31-28-35(23-25-37(31)43(30)44(42)47)48(34-16-8-3-9-17-34)36-24-26-39-38-18-10-11-19-40(38)45(41(39)29-36,32-12-4-1-5-13-32)33-14-6-2-7-15-33/h1-29,46-47H. The first-order valence-corrected chi connectivity index (χ1v) is 16.3. The van der Waals surface area contributed by atoms with E-state index in [9.17, 15) is 0 Å². The average molecular weight is 614 g/mol. The van der Waals surface area contributed by atoms with Crippen molar-refractivity contribution in [1.29, 1.82) is 10.8 Å². The summed E-state index contributed by atoms with van der Waals surface area (Å²) >= 11 is 0. The number of anilines is 3. The number of hydrogen-bond donors (Lipinski definition) is 2. The highest BCUT2D eigenvalue weighted by atomic mass is 15.1. The van der Waals surface area contributed by atoms with Gasteiger partial charge in [0.2, 0.25) is 0 Å². The van der Waals surface area contributed by atoms with Crippen molar-refractivity contribution in [1.82, 2.24) is 0 Å². The Morgan fingerprint density at radius 2 is 1.06 bits per heavy atom. The quantitative estimate of drug-likeness (QED) is 0.199. The number of rotatable bonds is 5. The average Bonchev–Trinajstić information content (AvgIpc) is 3.44. The minimum atomic E-state index is -0.492. The van der Waals surface area contributed by atoms with Crippen molar-refractivity contribution >= 4 is 45.3 Å². The van der Waals surface area contributed by atoms with Crippen molar-refractivity contribution in [2.24, 2.45) is 0 Å². The van der Waals surface area contributed by atoms with E-state index in [2.05, 4.69) is 169 Å². The van der Waals surface area contributed by atoms with E-state index in [1.54, 1.807) is 6.08 Å². The van der Waals surface area contributed by atoms with Crippen LogP contribution in [0.1, 0.15) is 33.4 Å². The summed E-state index contributed by atoms with van der Waals surface area (Å²) in [5.74, 6) is 0. The van der Waals surface area contributed by atoms with Gasteiger partial charge in [-0.05, 0) is 92.2 Å². The van der Waals surface area contributed by atoms with Gasteiger partial charge in [0.15, 0.2) is 0 Å². The van der Waals surface area contributed by atoms with E-state index in [1.165, 1.54) is 33.4 Å². The molecule has 3 heteroatoms. The molecule has 7 aromatic carbocycles. The molecule has 0 saturated heterocycles. The zero-order valence-corrected chi connectivity index (χ0v) is 26.2. The molecule has 0 unspecified atom stereocenters. The second-order valence-corrected chi connectivity index (χ2v) is 12.5. The van der Waals surface area contributed by atoms with Crippen molar-refractivity contribution in [2.75, 3.05) is 4.90 Å². The number of fused-ring (bicyclic) bond motifs is 6. The third kappa shape index (κ3) is 4.08. The zero-order valence-electron chi connectivity index (χ0n) is 26.2. The summed E-state index contributed by atoms with van der Waals surface area (Å²) in [4.78, 5) is 2.33. The van der Waals surface area contributed by atoms with Gasteiger partial charge in [-0.3, -0.25) is 10.8 Å². The first-order valence-electron chi connectivity index (χ1n) is 16.3. The largest absolute Gasteiger partial charge is 0.310 e. The number of nitrogens with one attached hydrogen (secondary N) is 2. The Labute approximate surface area is 280 Å². The second-order valence-electron chi connectivity index (χ2n) is 12.5. The Bertz CT molecular complexity index is 2390. The fraction of sp³-hybridized carbons (Fsp3) is 0.0222.